The second kappa shape index (κ2) is 7.97. The van der Waals surface area contributed by atoms with Gasteiger partial charge in [0, 0.05) is 50.5 Å². The van der Waals surface area contributed by atoms with Crippen molar-refractivity contribution < 1.29 is 4.79 Å². The van der Waals surface area contributed by atoms with E-state index in [-0.39, 0.29) is 5.91 Å². The molecule has 1 heterocycles. The van der Waals surface area contributed by atoms with Crippen LogP contribution in [-0.4, -0.2) is 37.0 Å². The lowest BCUT2D eigenvalue weighted by Gasteiger charge is -2.36. The minimum Gasteiger partial charge on any atom is -0.369 e. The maximum atomic E-state index is 11.4. The van der Waals surface area contributed by atoms with Gasteiger partial charge in [0.1, 0.15) is 0 Å². The van der Waals surface area contributed by atoms with E-state index in [0.29, 0.717) is 6.42 Å². The first-order chi connectivity index (χ1) is 11.7. The normalized spacial score (nSPS) is 15.3. The number of benzene rings is 2. The minimum atomic E-state index is 0.0554. The van der Waals surface area contributed by atoms with Gasteiger partial charge in [-0.25, -0.2) is 0 Å². The van der Waals surface area contributed by atoms with E-state index in [4.69, 9.17) is 0 Å². The van der Waals surface area contributed by atoms with Gasteiger partial charge in [-0.3, -0.25) is 9.69 Å². The molecule has 0 aromatic heterocycles. The standard InChI is InChI=1S/C20H25N3O/c1-2-20(24)21-18-10-8-17(9-11-18)16-22-12-14-23(15-13-22)19-6-4-3-5-7-19/h3-11H,2,12-16H2,1H3,(H,21,24). The maximum absolute atomic E-state index is 11.4. The Bertz CT molecular complexity index is 646. The topological polar surface area (TPSA) is 35.6 Å². The maximum Gasteiger partial charge on any atom is 0.224 e. The van der Waals surface area contributed by atoms with Crippen LogP contribution in [0.15, 0.2) is 54.6 Å². The Morgan fingerprint density at radius 3 is 2.25 bits per heavy atom. The van der Waals surface area contributed by atoms with Crippen molar-refractivity contribution in [3.05, 3.63) is 60.2 Å². The molecular formula is C20H25N3O. The molecular weight excluding hydrogens is 298 g/mol. The molecule has 0 aliphatic carbocycles. The van der Waals surface area contributed by atoms with Crippen LogP contribution >= 0.6 is 0 Å². The zero-order valence-electron chi connectivity index (χ0n) is 14.2. The van der Waals surface area contributed by atoms with E-state index in [1.54, 1.807) is 0 Å². The predicted octanol–water partition coefficient (Wildman–Crippen LogP) is 3.36. The van der Waals surface area contributed by atoms with Crippen molar-refractivity contribution in [1.29, 1.82) is 0 Å². The summed E-state index contributed by atoms with van der Waals surface area (Å²) in [5.41, 5.74) is 3.48. The van der Waals surface area contributed by atoms with E-state index in [0.717, 1.165) is 38.4 Å². The third-order valence-corrected chi connectivity index (χ3v) is 4.46. The van der Waals surface area contributed by atoms with E-state index >= 15 is 0 Å². The second-order valence-corrected chi connectivity index (χ2v) is 6.20. The molecule has 1 N–H and O–H groups in total. The third kappa shape index (κ3) is 4.36. The molecule has 3 rings (SSSR count). The summed E-state index contributed by atoms with van der Waals surface area (Å²) < 4.78 is 0. The van der Waals surface area contributed by atoms with Crippen LogP contribution in [0.1, 0.15) is 18.9 Å². The Labute approximate surface area is 144 Å². The average molecular weight is 323 g/mol. The first kappa shape index (κ1) is 16.5. The molecule has 1 amide bonds. The van der Waals surface area contributed by atoms with E-state index in [2.05, 4.69) is 57.6 Å². The van der Waals surface area contributed by atoms with Crippen molar-refractivity contribution in [1.82, 2.24) is 4.90 Å². The molecule has 24 heavy (non-hydrogen) atoms. The van der Waals surface area contributed by atoms with Crippen molar-refractivity contribution in [2.75, 3.05) is 36.4 Å². The highest BCUT2D eigenvalue weighted by atomic mass is 16.1. The van der Waals surface area contributed by atoms with Crippen LogP contribution in [0.3, 0.4) is 0 Å². The van der Waals surface area contributed by atoms with E-state index in [1.165, 1.54) is 11.3 Å². The highest BCUT2D eigenvalue weighted by molar-refractivity contribution is 5.90. The number of nitrogens with zero attached hydrogens (tertiary/aromatic N) is 2. The molecule has 1 aliphatic rings. The van der Waals surface area contributed by atoms with Gasteiger partial charge in [0.15, 0.2) is 0 Å². The number of anilines is 2. The fourth-order valence-corrected chi connectivity index (χ4v) is 3.00. The van der Waals surface area contributed by atoms with Crippen molar-refractivity contribution in [3.8, 4) is 0 Å². The highest BCUT2D eigenvalue weighted by Gasteiger charge is 2.17. The van der Waals surface area contributed by atoms with Crippen molar-refractivity contribution in [3.63, 3.8) is 0 Å². The number of carbonyl (C=O) groups is 1. The van der Waals surface area contributed by atoms with Crippen LogP contribution in [0.2, 0.25) is 0 Å². The smallest absolute Gasteiger partial charge is 0.224 e. The van der Waals surface area contributed by atoms with Crippen LogP contribution in [0.5, 0.6) is 0 Å². The van der Waals surface area contributed by atoms with Gasteiger partial charge >= 0.3 is 0 Å². The molecule has 0 radical (unpaired) electrons. The van der Waals surface area contributed by atoms with Gasteiger partial charge in [-0.1, -0.05) is 37.3 Å². The van der Waals surface area contributed by atoms with Crippen molar-refractivity contribution >= 4 is 17.3 Å². The molecule has 126 valence electrons. The molecule has 2 aromatic rings. The van der Waals surface area contributed by atoms with Gasteiger partial charge < -0.3 is 10.2 Å². The number of nitrogens with one attached hydrogen (secondary N) is 1. The molecule has 1 aliphatic heterocycles. The van der Waals surface area contributed by atoms with E-state index < -0.39 is 0 Å². The number of carbonyl (C=O) groups excluding carboxylic acids is 1. The summed E-state index contributed by atoms with van der Waals surface area (Å²) in [7, 11) is 0. The summed E-state index contributed by atoms with van der Waals surface area (Å²) in [5.74, 6) is 0.0554. The predicted molar refractivity (Wildman–Crippen MR) is 99.3 cm³/mol. The van der Waals surface area contributed by atoms with Crippen LogP contribution in [0.25, 0.3) is 0 Å². The van der Waals surface area contributed by atoms with Gasteiger partial charge in [-0.2, -0.15) is 0 Å². The summed E-state index contributed by atoms with van der Waals surface area (Å²) >= 11 is 0. The Balaban J connectivity index is 1.50. The van der Waals surface area contributed by atoms with Crippen molar-refractivity contribution in [2.24, 2.45) is 0 Å². The lowest BCUT2D eigenvalue weighted by molar-refractivity contribution is -0.115. The number of amides is 1. The van der Waals surface area contributed by atoms with Gasteiger partial charge in [0.05, 0.1) is 0 Å². The van der Waals surface area contributed by atoms with Crippen LogP contribution in [-0.2, 0) is 11.3 Å². The monoisotopic (exact) mass is 323 g/mol. The van der Waals surface area contributed by atoms with Gasteiger partial charge in [-0.15, -0.1) is 0 Å². The third-order valence-electron chi connectivity index (χ3n) is 4.46. The fourth-order valence-electron chi connectivity index (χ4n) is 3.00. The van der Waals surface area contributed by atoms with E-state index in [9.17, 15) is 4.79 Å². The Morgan fingerprint density at radius 2 is 1.62 bits per heavy atom. The fraction of sp³-hybridized carbons (Fsp3) is 0.350. The van der Waals surface area contributed by atoms with Crippen molar-refractivity contribution in [2.45, 2.75) is 19.9 Å². The van der Waals surface area contributed by atoms with Gasteiger partial charge in [-0.05, 0) is 29.8 Å². The Hall–Kier alpha value is -2.33. The lowest BCUT2D eigenvalue weighted by Crippen LogP contribution is -2.45. The number of rotatable bonds is 5. The lowest BCUT2D eigenvalue weighted by atomic mass is 10.1. The van der Waals surface area contributed by atoms with Crippen LogP contribution < -0.4 is 10.2 Å². The molecule has 4 nitrogen and oxygen atoms in total. The van der Waals surface area contributed by atoms with Gasteiger partial charge in [0.25, 0.3) is 0 Å². The number of piperazine rings is 1. The summed E-state index contributed by atoms with van der Waals surface area (Å²) in [6.07, 6.45) is 0.507. The summed E-state index contributed by atoms with van der Waals surface area (Å²) in [5, 5.41) is 2.89. The number of hydrogen-bond donors (Lipinski definition) is 1. The first-order valence-electron chi connectivity index (χ1n) is 8.66. The summed E-state index contributed by atoms with van der Waals surface area (Å²) in [4.78, 5) is 16.3. The second-order valence-electron chi connectivity index (χ2n) is 6.20. The Morgan fingerprint density at radius 1 is 0.958 bits per heavy atom. The first-order valence-corrected chi connectivity index (χ1v) is 8.66. The molecule has 1 saturated heterocycles. The highest BCUT2D eigenvalue weighted by Crippen LogP contribution is 2.17. The molecule has 0 unspecified atom stereocenters. The molecule has 4 heteroatoms. The summed E-state index contributed by atoms with van der Waals surface area (Å²) in [6.45, 7) is 7.10. The molecule has 0 atom stereocenters. The molecule has 2 aromatic carbocycles. The SMILES string of the molecule is CCC(=O)Nc1ccc(CN2CCN(c3ccccc3)CC2)cc1. The quantitative estimate of drug-likeness (QED) is 0.916. The molecule has 0 spiro atoms. The largest absolute Gasteiger partial charge is 0.369 e. The molecule has 0 saturated carbocycles. The minimum absolute atomic E-state index is 0.0554. The number of para-hydroxylation sites is 1. The average Bonchev–Trinajstić information content (AvgIpc) is 2.64. The Kier molecular flexibility index (Phi) is 5.49. The zero-order valence-corrected chi connectivity index (χ0v) is 14.2. The summed E-state index contributed by atoms with van der Waals surface area (Å²) in [6, 6.07) is 18.8. The van der Waals surface area contributed by atoms with E-state index in [1.807, 2.05) is 19.1 Å². The van der Waals surface area contributed by atoms with Crippen LogP contribution in [0, 0.1) is 0 Å². The van der Waals surface area contributed by atoms with Crippen LogP contribution in [0.4, 0.5) is 11.4 Å². The van der Waals surface area contributed by atoms with Gasteiger partial charge in [0.2, 0.25) is 5.91 Å². The molecule has 0 bridgehead atoms. The number of hydrogen-bond acceptors (Lipinski definition) is 3. The molecule has 1 fully saturated rings. The zero-order chi connectivity index (χ0) is 16.8.